The summed E-state index contributed by atoms with van der Waals surface area (Å²) in [4.78, 5) is 21.9. The van der Waals surface area contributed by atoms with Crippen LogP contribution in [0.3, 0.4) is 0 Å². The average molecular weight is 277 g/mol. The maximum absolute atomic E-state index is 11.2. The lowest BCUT2D eigenvalue weighted by atomic mass is 9.78. The predicted octanol–water partition coefficient (Wildman–Crippen LogP) is 2.39. The molecule has 1 aliphatic carbocycles. The minimum atomic E-state index is -0.711. The van der Waals surface area contributed by atoms with Crippen LogP contribution in [0.15, 0.2) is 12.3 Å². The van der Waals surface area contributed by atoms with Crippen molar-refractivity contribution in [3.63, 3.8) is 0 Å². The molecule has 1 aromatic heterocycles. The number of carboxylic acids is 1. The summed E-state index contributed by atoms with van der Waals surface area (Å²) in [7, 11) is 2.02. The summed E-state index contributed by atoms with van der Waals surface area (Å²) in [5, 5.41) is 9.24. The number of aromatic nitrogens is 2. The molecular weight excluding hydrogens is 254 g/mol. The van der Waals surface area contributed by atoms with Crippen molar-refractivity contribution in [3.8, 4) is 0 Å². The van der Waals surface area contributed by atoms with Crippen molar-refractivity contribution in [1.29, 1.82) is 0 Å². The van der Waals surface area contributed by atoms with Gasteiger partial charge in [-0.1, -0.05) is 19.3 Å². The number of rotatable bonds is 5. The van der Waals surface area contributed by atoms with Crippen LogP contribution in [0.1, 0.15) is 50.0 Å². The third-order valence-electron chi connectivity index (χ3n) is 4.31. The zero-order valence-corrected chi connectivity index (χ0v) is 12.3. The lowest BCUT2D eigenvalue weighted by Gasteiger charge is -2.43. The third kappa shape index (κ3) is 3.54. The SMILES string of the molecule is Cc1nccc(CN(C)C2(CC(=O)O)CCCCC2)n1. The van der Waals surface area contributed by atoms with E-state index < -0.39 is 5.97 Å². The van der Waals surface area contributed by atoms with E-state index in [1.165, 1.54) is 6.42 Å². The van der Waals surface area contributed by atoms with Gasteiger partial charge >= 0.3 is 5.97 Å². The van der Waals surface area contributed by atoms with Gasteiger partial charge in [-0.2, -0.15) is 0 Å². The summed E-state index contributed by atoms with van der Waals surface area (Å²) in [5.41, 5.74) is 0.735. The highest BCUT2D eigenvalue weighted by Crippen LogP contribution is 2.36. The summed E-state index contributed by atoms with van der Waals surface area (Å²) in [6.45, 7) is 2.55. The first kappa shape index (κ1) is 14.9. The molecule has 0 radical (unpaired) electrons. The molecule has 1 fully saturated rings. The van der Waals surface area contributed by atoms with Crippen molar-refractivity contribution in [1.82, 2.24) is 14.9 Å². The molecule has 20 heavy (non-hydrogen) atoms. The smallest absolute Gasteiger partial charge is 0.305 e. The summed E-state index contributed by atoms with van der Waals surface area (Å²) >= 11 is 0. The largest absolute Gasteiger partial charge is 0.481 e. The topological polar surface area (TPSA) is 66.3 Å². The Labute approximate surface area is 120 Å². The van der Waals surface area contributed by atoms with Gasteiger partial charge in [0.1, 0.15) is 5.82 Å². The van der Waals surface area contributed by atoms with E-state index in [4.69, 9.17) is 0 Å². The number of carbonyl (C=O) groups is 1. The van der Waals surface area contributed by atoms with Crippen LogP contribution in [0.4, 0.5) is 0 Å². The van der Waals surface area contributed by atoms with Crippen LogP contribution < -0.4 is 0 Å². The lowest BCUT2D eigenvalue weighted by Crippen LogP contribution is -2.49. The highest BCUT2D eigenvalue weighted by Gasteiger charge is 2.38. The molecule has 2 rings (SSSR count). The second-order valence-electron chi connectivity index (χ2n) is 5.81. The Morgan fingerprint density at radius 3 is 2.70 bits per heavy atom. The second-order valence-corrected chi connectivity index (χ2v) is 5.81. The zero-order chi connectivity index (χ0) is 14.6. The molecule has 0 bridgehead atoms. The van der Waals surface area contributed by atoms with Crippen molar-refractivity contribution in [3.05, 3.63) is 23.8 Å². The van der Waals surface area contributed by atoms with Gasteiger partial charge in [-0.05, 0) is 32.9 Å². The molecule has 1 heterocycles. The fourth-order valence-corrected chi connectivity index (χ4v) is 3.19. The lowest BCUT2D eigenvalue weighted by molar-refractivity contribution is -0.141. The molecule has 1 aliphatic rings. The van der Waals surface area contributed by atoms with Crippen LogP contribution in [-0.2, 0) is 11.3 Å². The van der Waals surface area contributed by atoms with Gasteiger partial charge in [-0.15, -0.1) is 0 Å². The highest BCUT2D eigenvalue weighted by atomic mass is 16.4. The minimum absolute atomic E-state index is 0.216. The molecule has 0 atom stereocenters. The van der Waals surface area contributed by atoms with Crippen LogP contribution in [0, 0.1) is 6.92 Å². The molecule has 0 spiro atoms. The summed E-state index contributed by atoms with van der Waals surface area (Å²) < 4.78 is 0. The molecule has 1 saturated carbocycles. The van der Waals surface area contributed by atoms with E-state index in [2.05, 4.69) is 14.9 Å². The quantitative estimate of drug-likeness (QED) is 0.895. The first-order valence-corrected chi connectivity index (χ1v) is 7.23. The van der Waals surface area contributed by atoms with Crippen molar-refractivity contribution in [2.75, 3.05) is 7.05 Å². The Morgan fingerprint density at radius 1 is 1.40 bits per heavy atom. The molecule has 1 aromatic rings. The first-order valence-electron chi connectivity index (χ1n) is 7.23. The van der Waals surface area contributed by atoms with E-state index in [0.29, 0.717) is 6.54 Å². The van der Waals surface area contributed by atoms with E-state index in [0.717, 1.165) is 37.2 Å². The maximum Gasteiger partial charge on any atom is 0.305 e. The molecule has 1 N–H and O–H groups in total. The van der Waals surface area contributed by atoms with Gasteiger partial charge in [0.25, 0.3) is 0 Å². The van der Waals surface area contributed by atoms with E-state index in [1.807, 2.05) is 20.0 Å². The van der Waals surface area contributed by atoms with E-state index in [9.17, 15) is 9.90 Å². The molecule has 0 saturated heterocycles. The minimum Gasteiger partial charge on any atom is -0.481 e. The van der Waals surface area contributed by atoms with Crippen LogP contribution in [0.5, 0.6) is 0 Å². The van der Waals surface area contributed by atoms with Crippen LogP contribution in [0.2, 0.25) is 0 Å². The van der Waals surface area contributed by atoms with Gasteiger partial charge in [0, 0.05) is 18.3 Å². The number of nitrogens with zero attached hydrogens (tertiary/aromatic N) is 3. The number of aliphatic carboxylic acids is 1. The van der Waals surface area contributed by atoms with Gasteiger partial charge in [0.2, 0.25) is 0 Å². The number of carboxylic acid groups (broad SMARTS) is 1. The summed E-state index contributed by atoms with van der Waals surface area (Å²) in [5.74, 6) is 0.0458. The van der Waals surface area contributed by atoms with Crippen molar-refractivity contribution in [2.45, 2.75) is 57.5 Å². The standard InChI is InChI=1S/C15H23N3O2/c1-12-16-9-6-13(17-12)11-18(2)15(10-14(19)20)7-4-3-5-8-15/h6,9H,3-5,7-8,10-11H2,1-2H3,(H,19,20). The van der Waals surface area contributed by atoms with Gasteiger partial charge in [-0.25, -0.2) is 9.97 Å². The van der Waals surface area contributed by atoms with Gasteiger partial charge < -0.3 is 5.11 Å². The zero-order valence-electron chi connectivity index (χ0n) is 12.3. The van der Waals surface area contributed by atoms with E-state index >= 15 is 0 Å². The van der Waals surface area contributed by atoms with Crippen LogP contribution in [-0.4, -0.2) is 38.5 Å². The fraction of sp³-hybridized carbons (Fsp3) is 0.667. The predicted molar refractivity (Wildman–Crippen MR) is 76.3 cm³/mol. The third-order valence-corrected chi connectivity index (χ3v) is 4.31. The van der Waals surface area contributed by atoms with Crippen LogP contribution >= 0.6 is 0 Å². The molecule has 0 unspecified atom stereocenters. The monoisotopic (exact) mass is 277 g/mol. The molecule has 0 amide bonds. The van der Waals surface area contributed by atoms with Gasteiger partial charge in [-0.3, -0.25) is 9.69 Å². The molecular formula is C15H23N3O2. The Kier molecular flexibility index (Phi) is 4.70. The molecule has 0 aliphatic heterocycles. The average Bonchev–Trinajstić information content (AvgIpc) is 2.39. The van der Waals surface area contributed by atoms with Gasteiger partial charge in [0.05, 0.1) is 12.1 Å². The maximum atomic E-state index is 11.2. The van der Waals surface area contributed by atoms with Crippen LogP contribution in [0.25, 0.3) is 0 Å². The first-order chi connectivity index (χ1) is 9.52. The number of hydrogen-bond donors (Lipinski definition) is 1. The van der Waals surface area contributed by atoms with E-state index in [-0.39, 0.29) is 12.0 Å². The Bertz CT molecular complexity index is 470. The summed E-state index contributed by atoms with van der Waals surface area (Å²) in [6, 6.07) is 1.90. The molecule has 5 nitrogen and oxygen atoms in total. The highest BCUT2D eigenvalue weighted by molar-refractivity contribution is 5.68. The molecule has 5 heteroatoms. The number of aryl methyl sites for hydroxylation is 1. The summed E-state index contributed by atoms with van der Waals surface area (Å²) in [6.07, 6.45) is 7.33. The molecule has 110 valence electrons. The van der Waals surface area contributed by atoms with Gasteiger partial charge in [0.15, 0.2) is 0 Å². The number of hydrogen-bond acceptors (Lipinski definition) is 4. The van der Waals surface area contributed by atoms with Crippen molar-refractivity contribution >= 4 is 5.97 Å². The second kappa shape index (κ2) is 6.31. The molecule has 0 aromatic carbocycles. The fourth-order valence-electron chi connectivity index (χ4n) is 3.19. The normalized spacial score (nSPS) is 18.1. The van der Waals surface area contributed by atoms with E-state index in [1.54, 1.807) is 6.20 Å². The Balaban J connectivity index is 2.13. The van der Waals surface area contributed by atoms with Crippen molar-refractivity contribution < 1.29 is 9.90 Å². The Morgan fingerprint density at radius 2 is 2.10 bits per heavy atom. The van der Waals surface area contributed by atoms with Crippen molar-refractivity contribution in [2.24, 2.45) is 0 Å². The Hall–Kier alpha value is -1.49.